The van der Waals surface area contributed by atoms with Crippen molar-refractivity contribution < 1.29 is 21.6 Å². The molecule has 0 radical (unpaired) electrons. The molecule has 0 N–H and O–H groups in total. The lowest BCUT2D eigenvalue weighted by Gasteiger charge is -2.18. The van der Waals surface area contributed by atoms with Crippen LogP contribution in [-0.4, -0.2) is 47.5 Å². The second kappa shape index (κ2) is 4.53. The Morgan fingerprint density at radius 3 is 2.35 bits per heavy atom. The van der Waals surface area contributed by atoms with Gasteiger partial charge in [-0.05, 0) is 15.9 Å². The van der Waals surface area contributed by atoms with Gasteiger partial charge in [0, 0.05) is 14.1 Å². The van der Waals surface area contributed by atoms with Crippen molar-refractivity contribution in [1.29, 1.82) is 0 Å². The van der Waals surface area contributed by atoms with E-state index in [1.807, 2.05) is 0 Å². The third-order valence-corrected chi connectivity index (χ3v) is 4.49. The number of nitrogens with zero attached hydrogens (tertiary/aromatic N) is 4. The standard InChI is InChI=1S/C6H8BrF3N4O2S/c1-13(3-6(8,9)10)17(15,16)5-4(7)11-12-14(5)2/h3H2,1-2H3. The Hall–Kier alpha value is -0.680. The lowest BCUT2D eigenvalue weighted by molar-refractivity contribution is -0.134. The molecule has 17 heavy (non-hydrogen) atoms. The molecule has 1 aromatic heterocycles. The van der Waals surface area contributed by atoms with Crippen molar-refractivity contribution in [3.8, 4) is 0 Å². The Balaban J connectivity index is 3.13. The maximum Gasteiger partial charge on any atom is 0.402 e. The molecule has 1 rings (SSSR count). The summed E-state index contributed by atoms with van der Waals surface area (Å²) in [5.41, 5.74) is 0. The van der Waals surface area contributed by atoms with Crippen molar-refractivity contribution in [2.45, 2.75) is 11.2 Å². The molecule has 0 bridgehead atoms. The minimum atomic E-state index is -4.61. The minimum Gasteiger partial charge on any atom is -0.235 e. The van der Waals surface area contributed by atoms with Gasteiger partial charge in [-0.1, -0.05) is 5.21 Å². The second-order valence-electron chi connectivity index (χ2n) is 3.19. The monoisotopic (exact) mass is 336 g/mol. The highest BCUT2D eigenvalue weighted by Crippen LogP contribution is 2.24. The van der Waals surface area contributed by atoms with Crippen molar-refractivity contribution in [2.24, 2.45) is 7.05 Å². The molecule has 11 heteroatoms. The zero-order valence-corrected chi connectivity index (χ0v) is 11.1. The van der Waals surface area contributed by atoms with Crippen LogP contribution in [0.4, 0.5) is 13.2 Å². The summed E-state index contributed by atoms with van der Waals surface area (Å²) in [6.45, 7) is -1.58. The normalized spacial score (nSPS) is 13.4. The van der Waals surface area contributed by atoms with E-state index in [1.54, 1.807) is 0 Å². The first-order chi connectivity index (χ1) is 7.55. The van der Waals surface area contributed by atoms with E-state index in [2.05, 4.69) is 26.2 Å². The smallest absolute Gasteiger partial charge is 0.235 e. The molecule has 0 spiro atoms. The highest BCUT2D eigenvalue weighted by atomic mass is 79.9. The lowest BCUT2D eigenvalue weighted by atomic mass is 10.6. The fourth-order valence-corrected chi connectivity index (χ4v) is 3.26. The van der Waals surface area contributed by atoms with Crippen LogP contribution in [0.1, 0.15) is 0 Å². The van der Waals surface area contributed by atoms with Crippen LogP contribution in [-0.2, 0) is 17.1 Å². The average molecular weight is 337 g/mol. The summed E-state index contributed by atoms with van der Waals surface area (Å²) in [5, 5.41) is 6.37. The summed E-state index contributed by atoms with van der Waals surface area (Å²) in [6.07, 6.45) is -4.61. The maximum atomic E-state index is 12.1. The molecule has 0 fully saturated rings. The fraction of sp³-hybridized carbons (Fsp3) is 0.667. The molecule has 98 valence electrons. The first kappa shape index (κ1) is 14.4. The van der Waals surface area contributed by atoms with Gasteiger partial charge in [0.25, 0.3) is 10.0 Å². The number of rotatable bonds is 3. The van der Waals surface area contributed by atoms with Crippen LogP contribution < -0.4 is 0 Å². The SMILES string of the molecule is CN(CC(F)(F)F)S(=O)(=O)c1c(Br)nnn1C. The van der Waals surface area contributed by atoms with Crippen LogP contribution in [0.25, 0.3) is 0 Å². The average Bonchev–Trinajstić information content (AvgIpc) is 2.43. The Morgan fingerprint density at radius 1 is 1.47 bits per heavy atom. The van der Waals surface area contributed by atoms with Crippen LogP contribution in [0.3, 0.4) is 0 Å². The molecule has 0 aromatic carbocycles. The second-order valence-corrected chi connectivity index (χ2v) is 5.90. The number of alkyl halides is 3. The summed E-state index contributed by atoms with van der Waals surface area (Å²) in [7, 11) is -2.18. The highest BCUT2D eigenvalue weighted by molar-refractivity contribution is 9.10. The molecular formula is C6H8BrF3N4O2S. The predicted molar refractivity (Wildman–Crippen MR) is 54.6 cm³/mol. The Morgan fingerprint density at radius 2 is 2.00 bits per heavy atom. The fourth-order valence-electron chi connectivity index (χ4n) is 1.08. The number of aryl methyl sites for hydroxylation is 1. The maximum absolute atomic E-state index is 12.1. The van der Waals surface area contributed by atoms with E-state index in [0.29, 0.717) is 0 Å². The van der Waals surface area contributed by atoms with E-state index in [9.17, 15) is 21.6 Å². The van der Waals surface area contributed by atoms with Gasteiger partial charge in [-0.3, -0.25) is 0 Å². The van der Waals surface area contributed by atoms with Gasteiger partial charge < -0.3 is 0 Å². The van der Waals surface area contributed by atoms with E-state index in [1.165, 1.54) is 7.05 Å². The van der Waals surface area contributed by atoms with Crippen LogP contribution in [0, 0.1) is 0 Å². The summed E-state index contributed by atoms with van der Waals surface area (Å²) < 4.78 is 60.9. The van der Waals surface area contributed by atoms with Gasteiger partial charge in [-0.15, -0.1) is 5.10 Å². The van der Waals surface area contributed by atoms with Gasteiger partial charge in [-0.25, -0.2) is 13.1 Å². The van der Waals surface area contributed by atoms with Crippen molar-refractivity contribution in [3.63, 3.8) is 0 Å². The zero-order valence-electron chi connectivity index (χ0n) is 8.73. The van der Waals surface area contributed by atoms with E-state index in [-0.39, 0.29) is 8.91 Å². The number of halogens is 4. The number of aromatic nitrogens is 3. The first-order valence-corrected chi connectivity index (χ1v) is 6.37. The minimum absolute atomic E-state index is 0.131. The largest absolute Gasteiger partial charge is 0.402 e. The molecule has 0 saturated heterocycles. The predicted octanol–water partition coefficient (Wildman–Crippen LogP) is 0.760. The molecule has 0 aliphatic rings. The third kappa shape index (κ3) is 3.16. The summed E-state index contributed by atoms with van der Waals surface area (Å²) in [5.74, 6) is 0. The molecular weight excluding hydrogens is 329 g/mol. The molecule has 0 unspecified atom stereocenters. The van der Waals surface area contributed by atoms with Crippen molar-refractivity contribution in [1.82, 2.24) is 19.3 Å². The van der Waals surface area contributed by atoms with Crippen molar-refractivity contribution in [2.75, 3.05) is 13.6 Å². The Kier molecular flexibility index (Phi) is 3.84. The Bertz CT molecular complexity index is 492. The summed E-state index contributed by atoms with van der Waals surface area (Å²) in [4.78, 5) is 0. The molecule has 6 nitrogen and oxygen atoms in total. The van der Waals surface area contributed by atoms with E-state index >= 15 is 0 Å². The molecule has 1 heterocycles. The molecule has 0 atom stereocenters. The highest BCUT2D eigenvalue weighted by Gasteiger charge is 2.37. The molecule has 0 saturated carbocycles. The Labute approximate surface area is 104 Å². The van der Waals surface area contributed by atoms with Gasteiger partial charge in [0.05, 0.1) is 0 Å². The first-order valence-electron chi connectivity index (χ1n) is 4.14. The van der Waals surface area contributed by atoms with Crippen LogP contribution >= 0.6 is 15.9 Å². The van der Waals surface area contributed by atoms with Crippen LogP contribution in [0.5, 0.6) is 0 Å². The quantitative estimate of drug-likeness (QED) is 0.817. The lowest BCUT2D eigenvalue weighted by Crippen LogP contribution is -2.36. The van der Waals surface area contributed by atoms with E-state index < -0.39 is 27.8 Å². The number of hydrogen-bond acceptors (Lipinski definition) is 4. The zero-order chi connectivity index (χ0) is 13.4. The van der Waals surface area contributed by atoms with Gasteiger partial charge in [0.1, 0.15) is 6.54 Å². The third-order valence-electron chi connectivity index (χ3n) is 1.79. The van der Waals surface area contributed by atoms with Crippen molar-refractivity contribution in [3.05, 3.63) is 4.60 Å². The van der Waals surface area contributed by atoms with Gasteiger partial charge in [-0.2, -0.15) is 17.5 Å². The van der Waals surface area contributed by atoms with Crippen molar-refractivity contribution >= 4 is 26.0 Å². The molecule has 0 aliphatic carbocycles. The topological polar surface area (TPSA) is 68.1 Å². The van der Waals surface area contributed by atoms with Gasteiger partial charge >= 0.3 is 6.18 Å². The van der Waals surface area contributed by atoms with E-state index in [0.717, 1.165) is 11.7 Å². The summed E-state index contributed by atoms with van der Waals surface area (Å²) >= 11 is 2.82. The molecule has 0 amide bonds. The van der Waals surface area contributed by atoms with Crippen LogP contribution in [0.15, 0.2) is 9.63 Å². The number of sulfonamides is 1. The number of hydrogen-bond donors (Lipinski definition) is 0. The van der Waals surface area contributed by atoms with E-state index in [4.69, 9.17) is 0 Å². The van der Waals surface area contributed by atoms with Gasteiger partial charge in [0.2, 0.25) is 5.03 Å². The molecule has 0 aliphatic heterocycles. The molecule has 1 aromatic rings. The van der Waals surface area contributed by atoms with Gasteiger partial charge in [0.15, 0.2) is 4.60 Å². The summed E-state index contributed by atoms with van der Waals surface area (Å²) in [6, 6.07) is 0. The van der Waals surface area contributed by atoms with Crippen LogP contribution in [0.2, 0.25) is 0 Å².